The highest BCUT2D eigenvalue weighted by Gasteiger charge is 2.47. The largest absolute Gasteiger partial charge is 0.390 e. The van der Waals surface area contributed by atoms with Gasteiger partial charge in [0.2, 0.25) is 17.5 Å². The minimum Gasteiger partial charge on any atom is -0.390 e. The molecule has 1 fully saturated rings. The molecule has 0 aromatic heterocycles. The molecule has 4 atom stereocenters. The van der Waals surface area contributed by atoms with Crippen molar-refractivity contribution in [2.24, 2.45) is 17.4 Å². The quantitative estimate of drug-likeness (QED) is 0.249. The molecule has 2 rings (SSSR count). The van der Waals surface area contributed by atoms with Crippen LogP contribution in [0.15, 0.2) is 24.3 Å². The van der Waals surface area contributed by atoms with Crippen LogP contribution in [0.1, 0.15) is 82.3 Å². The van der Waals surface area contributed by atoms with E-state index in [0.717, 1.165) is 36.8 Å². The smallest absolute Gasteiger partial charge is 0.225 e. The van der Waals surface area contributed by atoms with Crippen molar-refractivity contribution < 1.29 is 24.6 Å². The van der Waals surface area contributed by atoms with E-state index in [0.29, 0.717) is 12.3 Å². The van der Waals surface area contributed by atoms with E-state index < -0.39 is 47.7 Å². The maximum atomic E-state index is 13.6. The third kappa shape index (κ3) is 7.43. The number of Topliss-reactive ketones (excluding diaryl/α,β-unsaturated/α-hetero) is 2. The third-order valence-electron chi connectivity index (χ3n) is 7.47. The second kappa shape index (κ2) is 13.8. The predicted octanol–water partition coefficient (Wildman–Crippen LogP) is 1.74. The lowest BCUT2D eigenvalue weighted by atomic mass is 9.71. The summed E-state index contributed by atoms with van der Waals surface area (Å²) in [7, 11) is 0. The highest BCUT2D eigenvalue weighted by molar-refractivity contribution is 6.41. The zero-order valence-electron chi connectivity index (χ0n) is 21.2. The fraction of sp³-hybridized carbons (Fsp3) is 0.667. The van der Waals surface area contributed by atoms with Crippen LogP contribution in [0.3, 0.4) is 0 Å². The lowest BCUT2D eigenvalue weighted by Gasteiger charge is -2.39. The van der Waals surface area contributed by atoms with Crippen LogP contribution in [-0.4, -0.2) is 58.5 Å². The summed E-state index contributed by atoms with van der Waals surface area (Å²) < 4.78 is 0. The Labute approximate surface area is 208 Å². The van der Waals surface area contributed by atoms with Gasteiger partial charge in [0.15, 0.2) is 0 Å². The van der Waals surface area contributed by atoms with Gasteiger partial charge in [-0.05, 0) is 55.2 Å². The Morgan fingerprint density at radius 2 is 1.74 bits per heavy atom. The van der Waals surface area contributed by atoms with E-state index in [4.69, 9.17) is 11.5 Å². The zero-order valence-corrected chi connectivity index (χ0v) is 21.2. The van der Waals surface area contributed by atoms with Crippen LogP contribution in [-0.2, 0) is 20.8 Å². The number of benzene rings is 1. The van der Waals surface area contributed by atoms with Gasteiger partial charge >= 0.3 is 0 Å². The molecule has 0 heterocycles. The van der Waals surface area contributed by atoms with Gasteiger partial charge in [0.25, 0.3) is 0 Å². The van der Waals surface area contributed by atoms with E-state index in [1.807, 2.05) is 18.2 Å². The number of aliphatic hydroxyl groups is 2. The topological polar surface area (TPSA) is 156 Å². The summed E-state index contributed by atoms with van der Waals surface area (Å²) in [5.41, 5.74) is 11.9. The molecule has 35 heavy (non-hydrogen) atoms. The van der Waals surface area contributed by atoms with E-state index in [1.165, 1.54) is 6.42 Å². The van der Waals surface area contributed by atoms with Crippen molar-refractivity contribution in [3.05, 3.63) is 35.4 Å². The number of aliphatic hydroxyl groups excluding tert-OH is 2. The fourth-order valence-electron chi connectivity index (χ4n) is 5.25. The highest BCUT2D eigenvalue weighted by atomic mass is 16.3. The number of ketones is 2. The van der Waals surface area contributed by atoms with Gasteiger partial charge in [0, 0.05) is 6.42 Å². The van der Waals surface area contributed by atoms with Crippen molar-refractivity contribution in [1.82, 2.24) is 5.32 Å². The molecule has 0 spiro atoms. The van der Waals surface area contributed by atoms with Crippen molar-refractivity contribution in [1.29, 1.82) is 0 Å². The number of hydrogen-bond donors (Lipinski definition) is 5. The number of carbonyl (C=O) groups is 3. The maximum absolute atomic E-state index is 13.6. The van der Waals surface area contributed by atoms with E-state index in [9.17, 15) is 24.6 Å². The third-order valence-corrected chi connectivity index (χ3v) is 7.47. The molecule has 1 amide bonds. The minimum atomic E-state index is -1.56. The van der Waals surface area contributed by atoms with Crippen LogP contribution in [0.2, 0.25) is 0 Å². The molecular weight excluding hydrogens is 446 g/mol. The molecule has 0 radical (unpaired) electrons. The number of rotatable bonds is 14. The van der Waals surface area contributed by atoms with Crippen molar-refractivity contribution in [3.63, 3.8) is 0 Å². The van der Waals surface area contributed by atoms with Gasteiger partial charge in [-0.3, -0.25) is 14.4 Å². The van der Waals surface area contributed by atoms with Gasteiger partial charge in [-0.15, -0.1) is 0 Å². The molecule has 1 saturated carbocycles. The van der Waals surface area contributed by atoms with Crippen molar-refractivity contribution in [3.8, 4) is 0 Å². The van der Waals surface area contributed by atoms with Gasteiger partial charge in [-0.25, -0.2) is 0 Å². The average molecular weight is 490 g/mol. The van der Waals surface area contributed by atoms with Crippen LogP contribution in [0.5, 0.6) is 0 Å². The Bertz CT molecular complexity index is 855. The molecular formula is C27H43N3O5. The van der Waals surface area contributed by atoms with Crippen LogP contribution >= 0.6 is 0 Å². The molecule has 0 saturated heterocycles. The van der Waals surface area contributed by atoms with Crippen molar-refractivity contribution in [2.45, 2.75) is 95.3 Å². The number of nitrogens with two attached hydrogens (primary N) is 2. The Hall–Kier alpha value is -2.13. The monoisotopic (exact) mass is 489 g/mol. The van der Waals surface area contributed by atoms with Crippen LogP contribution < -0.4 is 16.8 Å². The minimum absolute atomic E-state index is 0.129. The van der Waals surface area contributed by atoms with Gasteiger partial charge < -0.3 is 27.0 Å². The Morgan fingerprint density at radius 3 is 2.34 bits per heavy atom. The molecule has 1 aromatic carbocycles. The summed E-state index contributed by atoms with van der Waals surface area (Å²) in [5, 5.41) is 23.0. The van der Waals surface area contributed by atoms with Crippen LogP contribution in [0.25, 0.3) is 0 Å². The molecule has 7 N–H and O–H groups in total. The zero-order chi connectivity index (χ0) is 26.0. The number of nitrogens with one attached hydrogen (secondary N) is 1. The maximum Gasteiger partial charge on any atom is 0.225 e. The Balaban J connectivity index is 2.52. The summed E-state index contributed by atoms with van der Waals surface area (Å²) in [4.78, 5) is 39.4. The SMILES string of the molecule is CC[C@@H](O)C(O)CC(=O)N[C@@](Cc1ccccc1C1CCCCC1)(C(=O)C(=O)CN)[C@H](C)CCN. The number of hydrogen-bond acceptors (Lipinski definition) is 7. The van der Waals surface area contributed by atoms with E-state index in [1.54, 1.807) is 13.8 Å². The summed E-state index contributed by atoms with van der Waals surface area (Å²) in [6.07, 6.45) is 3.70. The molecule has 1 aliphatic carbocycles. The molecule has 8 heteroatoms. The summed E-state index contributed by atoms with van der Waals surface area (Å²) >= 11 is 0. The molecule has 196 valence electrons. The molecule has 1 unspecified atom stereocenters. The van der Waals surface area contributed by atoms with Crippen molar-refractivity contribution in [2.75, 3.05) is 13.1 Å². The first kappa shape index (κ1) is 29.1. The predicted molar refractivity (Wildman–Crippen MR) is 136 cm³/mol. The average Bonchev–Trinajstić information content (AvgIpc) is 2.87. The molecule has 8 nitrogen and oxygen atoms in total. The lowest BCUT2D eigenvalue weighted by Crippen LogP contribution is -2.63. The molecule has 0 bridgehead atoms. The van der Waals surface area contributed by atoms with Crippen LogP contribution in [0, 0.1) is 5.92 Å². The standard InChI is InChI=1S/C27H43N3O5/c1-3-22(31)23(32)15-25(34)30-27(18(2)13-14-28,26(35)24(33)17-29)16-20-11-7-8-12-21(20)19-9-5-4-6-10-19/h7-8,11-12,18-19,22-23,31-32H,3-6,9-10,13-17,28-29H2,1-2H3,(H,30,34)/t18-,22-,23?,27-/m1/s1. The Morgan fingerprint density at radius 1 is 1.09 bits per heavy atom. The summed E-state index contributed by atoms with van der Waals surface area (Å²) in [5.74, 6) is -2.23. The second-order valence-corrected chi connectivity index (χ2v) is 9.91. The summed E-state index contributed by atoms with van der Waals surface area (Å²) in [6.45, 7) is 3.30. The van der Waals surface area contributed by atoms with Gasteiger partial charge in [-0.1, -0.05) is 57.4 Å². The van der Waals surface area contributed by atoms with E-state index in [2.05, 4.69) is 11.4 Å². The first-order valence-corrected chi connectivity index (χ1v) is 12.9. The van der Waals surface area contributed by atoms with E-state index in [-0.39, 0.29) is 25.8 Å². The lowest BCUT2D eigenvalue weighted by molar-refractivity contribution is -0.144. The van der Waals surface area contributed by atoms with E-state index >= 15 is 0 Å². The van der Waals surface area contributed by atoms with Crippen molar-refractivity contribution >= 4 is 17.5 Å². The molecule has 1 aliphatic rings. The molecule has 1 aromatic rings. The van der Waals surface area contributed by atoms with Crippen LogP contribution in [0.4, 0.5) is 0 Å². The Kier molecular flexibility index (Phi) is 11.5. The summed E-state index contributed by atoms with van der Waals surface area (Å²) in [6, 6.07) is 7.91. The van der Waals surface area contributed by atoms with Gasteiger partial charge in [-0.2, -0.15) is 0 Å². The number of amides is 1. The number of carbonyl (C=O) groups excluding carboxylic acids is 3. The fourth-order valence-corrected chi connectivity index (χ4v) is 5.25. The van der Waals surface area contributed by atoms with Gasteiger partial charge in [0.05, 0.1) is 25.2 Å². The first-order valence-electron chi connectivity index (χ1n) is 12.9. The normalized spacial score (nSPS) is 18.8. The van der Waals surface area contributed by atoms with Gasteiger partial charge in [0.1, 0.15) is 5.54 Å². The highest BCUT2D eigenvalue weighted by Crippen LogP contribution is 2.37. The second-order valence-electron chi connectivity index (χ2n) is 9.91. The first-order chi connectivity index (χ1) is 16.7. The molecule has 0 aliphatic heterocycles.